The first-order valence-electron chi connectivity index (χ1n) is 8.77. The Bertz CT molecular complexity index is 976. The van der Waals surface area contributed by atoms with Crippen LogP contribution in [0.2, 0.25) is 0 Å². The summed E-state index contributed by atoms with van der Waals surface area (Å²) in [6.45, 7) is 3.32. The summed E-state index contributed by atoms with van der Waals surface area (Å²) in [7, 11) is -3.39. The number of anilines is 1. The van der Waals surface area contributed by atoms with Gasteiger partial charge in [0.1, 0.15) is 0 Å². The molecule has 3 rings (SSSR count). The molecule has 0 unspecified atom stereocenters. The van der Waals surface area contributed by atoms with Crippen molar-refractivity contribution in [2.75, 3.05) is 24.7 Å². The van der Waals surface area contributed by atoms with Gasteiger partial charge in [0, 0.05) is 36.2 Å². The van der Waals surface area contributed by atoms with E-state index in [1.165, 1.54) is 12.1 Å². The van der Waals surface area contributed by atoms with Gasteiger partial charge in [-0.3, -0.25) is 9.59 Å². The monoisotopic (exact) mass is 386 g/mol. The topological polar surface area (TPSA) is 83.5 Å². The smallest absolute Gasteiger partial charge is 0.255 e. The standard InChI is InChI=1S/C20H22N2O4S/c1-14-5-10-17(27(2,25)26)13-18(14)19(23)21-16-8-6-15(7-9-16)20(24)22-11-3-4-12-22/h5-10,13H,3-4,11-12H2,1-2H3,(H,21,23). The van der Waals surface area contributed by atoms with E-state index in [-0.39, 0.29) is 10.8 Å². The van der Waals surface area contributed by atoms with E-state index in [1.807, 2.05) is 4.90 Å². The average molecular weight is 386 g/mol. The number of hydrogen-bond donors (Lipinski definition) is 1. The van der Waals surface area contributed by atoms with Gasteiger partial charge in [0.15, 0.2) is 9.84 Å². The van der Waals surface area contributed by atoms with Gasteiger partial charge in [0.2, 0.25) is 0 Å². The molecule has 142 valence electrons. The third kappa shape index (κ3) is 4.36. The Kier molecular flexibility index (Phi) is 5.32. The third-order valence-corrected chi connectivity index (χ3v) is 5.78. The molecule has 0 spiro atoms. The fraction of sp³-hybridized carbons (Fsp3) is 0.300. The van der Waals surface area contributed by atoms with Gasteiger partial charge in [0.05, 0.1) is 4.90 Å². The van der Waals surface area contributed by atoms with Crippen molar-refractivity contribution in [2.45, 2.75) is 24.7 Å². The molecule has 0 saturated carbocycles. The van der Waals surface area contributed by atoms with Crippen LogP contribution in [0.3, 0.4) is 0 Å². The van der Waals surface area contributed by atoms with Crippen LogP contribution in [0, 0.1) is 6.92 Å². The lowest BCUT2D eigenvalue weighted by atomic mass is 10.1. The highest BCUT2D eigenvalue weighted by Gasteiger charge is 2.19. The number of benzene rings is 2. The summed E-state index contributed by atoms with van der Waals surface area (Å²) in [6, 6.07) is 11.2. The molecule has 0 aliphatic carbocycles. The number of rotatable bonds is 4. The number of likely N-dealkylation sites (tertiary alicyclic amines) is 1. The molecule has 2 aromatic carbocycles. The summed E-state index contributed by atoms with van der Waals surface area (Å²) in [6.07, 6.45) is 3.17. The Labute approximate surface area is 159 Å². The zero-order valence-electron chi connectivity index (χ0n) is 15.4. The lowest BCUT2D eigenvalue weighted by molar-refractivity contribution is 0.0792. The van der Waals surface area contributed by atoms with Crippen molar-refractivity contribution >= 4 is 27.3 Å². The van der Waals surface area contributed by atoms with E-state index in [0.29, 0.717) is 22.4 Å². The summed E-state index contributed by atoms with van der Waals surface area (Å²) >= 11 is 0. The molecule has 7 heteroatoms. The van der Waals surface area contributed by atoms with Crippen molar-refractivity contribution in [3.63, 3.8) is 0 Å². The SMILES string of the molecule is Cc1ccc(S(C)(=O)=O)cc1C(=O)Nc1ccc(C(=O)N2CCCC2)cc1. The second-order valence-electron chi connectivity index (χ2n) is 6.78. The molecular weight excluding hydrogens is 364 g/mol. The van der Waals surface area contributed by atoms with Crippen LogP contribution in [0.25, 0.3) is 0 Å². The summed E-state index contributed by atoms with van der Waals surface area (Å²) in [5.74, 6) is -0.390. The Hall–Kier alpha value is -2.67. The largest absolute Gasteiger partial charge is 0.339 e. The van der Waals surface area contributed by atoms with Crippen LogP contribution in [0.1, 0.15) is 39.1 Å². The first-order valence-corrected chi connectivity index (χ1v) is 10.7. The number of nitrogens with one attached hydrogen (secondary N) is 1. The van der Waals surface area contributed by atoms with Crippen LogP contribution in [0.15, 0.2) is 47.4 Å². The van der Waals surface area contributed by atoms with Crippen molar-refractivity contribution in [1.29, 1.82) is 0 Å². The number of sulfone groups is 1. The van der Waals surface area contributed by atoms with Crippen molar-refractivity contribution in [2.24, 2.45) is 0 Å². The van der Waals surface area contributed by atoms with E-state index in [2.05, 4.69) is 5.32 Å². The van der Waals surface area contributed by atoms with Crippen molar-refractivity contribution < 1.29 is 18.0 Å². The van der Waals surface area contributed by atoms with Gasteiger partial charge in [0.25, 0.3) is 11.8 Å². The molecule has 1 heterocycles. The molecule has 0 aromatic heterocycles. The number of nitrogens with zero attached hydrogens (tertiary/aromatic N) is 1. The van der Waals surface area contributed by atoms with Crippen LogP contribution >= 0.6 is 0 Å². The maximum Gasteiger partial charge on any atom is 0.255 e. The summed E-state index contributed by atoms with van der Waals surface area (Å²) in [4.78, 5) is 26.8. The Morgan fingerprint density at radius 1 is 1.00 bits per heavy atom. The molecule has 0 atom stereocenters. The maximum absolute atomic E-state index is 12.6. The molecule has 6 nitrogen and oxygen atoms in total. The molecule has 1 saturated heterocycles. The zero-order valence-corrected chi connectivity index (χ0v) is 16.2. The highest BCUT2D eigenvalue weighted by Crippen LogP contribution is 2.19. The molecule has 2 aromatic rings. The van der Waals surface area contributed by atoms with Crippen LogP contribution in [-0.4, -0.2) is 44.5 Å². The maximum atomic E-state index is 12.6. The fourth-order valence-electron chi connectivity index (χ4n) is 3.07. The molecule has 0 radical (unpaired) electrons. The lowest BCUT2D eigenvalue weighted by Crippen LogP contribution is -2.27. The molecule has 1 aliphatic rings. The van der Waals surface area contributed by atoms with E-state index in [9.17, 15) is 18.0 Å². The predicted octanol–water partition coefficient (Wildman–Crippen LogP) is 2.89. The first kappa shape index (κ1) is 19.1. The Morgan fingerprint density at radius 2 is 1.63 bits per heavy atom. The minimum absolute atomic E-state index is 0.00192. The van der Waals surface area contributed by atoms with Crippen molar-refractivity contribution in [3.8, 4) is 0 Å². The van der Waals surface area contributed by atoms with Crippen LogP contribution < -0.4 is 5.32 Å². The molecule has 0 bridgehead atoms. The van der Waals surface area contributed by atoms with Crippen molar-refractivity contribution in [3.05, 3.63) is 59.2 Å². The number of carbonyl (C=O) groups excluding carboxylic acids is 2. The van der Waals surface area contributed by atoms with Gasteiger partial charge in [-0.1, -0.05) is 6.07 Å². The van der Waals surface area contributed by atoms with Gasteiger partial charge in [-0.2, -0.15) is 0 Å². The second-order valence-corrected chi connectivity index (χ2v) is 8.80. The van der Waals surface area contributed by atoms with Gasteiger partial charge in [-0.05, 0) is 61.7 Å². The van der Waals surface area contributed by atoms with Gasteiger partial charge < -0.3 is 10.2 Å². The van der Waals surface area contributed by atoms with E-state index in [4.69, 9.17) is 0 Å². The van der Waals surface area contributed by atoms with E-state index in [1.54, 1.807) is 37.3 Å². The molecule has 27 heavy (non-hydrogen) atoms. The van der Waals surface area contributed by atoms with Gasteiger partial charge in [-0.25, -0.2) is 8.42 Å². The summed E-state index contributed by atoms with van der Waals surface area (Å²) < 4.78 is 23.4. The lowest BCUT2D eigenvalue weighted by Gasteiger charge is -2.15. The number of carbonyl (C=O) groups is 2. The normalized spacial score (nSPS) is 14.2. The molecule has 1 aliphatic heterocycles. The average Bonchev–Trinajstić information content (AvgIpc) is 3.15. The molecular formula is C20H22N2O4S. The van der Waals surface area contributed by atoms with Gasteiger partial charge in [-0.15, -0.1) is 0 Å². The highest BCUT2D eigenvalue weighted by atomic mass is 32.2. The minimum atomic E-state index is -3.39. The molecule has 1 fully saturated rings. The number of amides is 2. The van der Waals surface area contributed by atoms with E-state index < -0.39 is 15.7 Å². The Balaban J connectivity index is 1.75. The fourth-order valence-corrected chi connectivity index (χ4v) is 3.72. The molecule has 1 N–H and O–H groups in total. The van der Waals surface area contributed by atoms with E-state index in [0.717, 1.165) is 32.2 Å². The Morgan fingerprint density at radius 3 is 2.22 bits per heavy atom. The first-order chi connectivity index (χ1) is 12.8. The zero-order chi connectivity index (χ0) is 19.6. The quantitative estimate of drug-likeness (QED) is 0.876. The van der Waals surface area contributed by atoms with Crippen molar-refractivity contribution in [1.82, 2.24) is 4.90 Å². The van der Waals surface area contributed by atoms with Crippen LogP contribution in [-0.2, 0) is 9.84 Å². The van der Waals surface area contributed by atoms with Crippen LogP contribution in [0.4, 0.5) is 5.69 Å². The number of hydrogen-bond acceptors (Lipinski definition) is 4. The summed E-state index contributed by atoms with van der Waals surface area (Å²) in [5, 5.41) is 2.75. The second kappa shape index (κ2) is 7.52. The van der Waals surface area contributed by atoms with Crippen LogP contribution in [0.5, 0.6) is 0 Å². The third-order valence-electron chi connectivity index (χ3n) is 4.66. The predicted molar refractivity (Wildman–Crippen MR) is 104 cm³/mol. The number of aryl methyl sites for hydroxylation is 1. The highest BCUT2D eigenvalue weighted by molar-refractivity contribution is 7.90. The minimum Gasteiger partial charge on any atom is -0.339 e. The molecule has 2 amide bonds. The van der Waals surface area contributed by atoms with E-state index >= 15 is 0 Å². The van der Waals surface area contributed by atoms with Gasteiger partial charge >= 0.3 is 0 Å². The summed E-state index contributed by atoms with van der Waals surface area (Å²) in [5.41, 5.74) is 2.11.